The van der Waals surface area contributed by atoms with Crippen LogP contribution in [0.4, 0.5) is 0 Å². The van der Waals surface area contributed by atoms with Crippen molar-refractivity contribution in [3.05, 3.63) is 17.8 Å². The lowest BCUT2D eigenvalue weighted by molar-refractivity contribution is -0.120. The van der Waals surface area contributed by atoms with Crippen LogP contribution in [-0.2, 0) is 4.79 Å². The van der Waals surface area contributed by atoms with E-state index in [4.69, 9.17) is 0 Å². The van der Waals surface area contributed by atoms with Crippen LogP contribution in [-0.4, -0.2) is 27.2 Å². The first-order valence-electron chi connectivity index (χ1n) is 6.89. The molecule has 0 aromatic carbocycles. The first-order chi connectivity index (χ1) is 9.74. The van der Waals surface area contributed by atoms with Gasteiger partial charge in [-0.3, -0.25) is 4.79 Å². The number of nitrogens with one attached hydrogen (secondary N) is 1. The monoisotopic (exact) mass is 307 g/mol. The van der Waals surface area contributed by atoms with E-state index in [0.29, 0.717) is 6.04 Å². The van der Waals surface area contributed by atoms with E-state index in [0.717, 1.165) is 28.1 Å². The summed E-state index contributed by atoms with van der Waals surface area (Å²) in [6, 6.07) is 2.39. The second-order valence-electron chi connectivity index (χ2n) is 5.07. The summed E-state index contributed by atoms with van der Waals surface area (Å²) >= 11 is 3.11. The molecule has 0 aliphatic heterocycles. The number of hydrogen-bond acceptors (Lipinski definition) is 5. The number of thiophene rings is 1. The van der Waals surface area contributed by atoms with Gasteiger partial charge in [0.15, 0.2) is 0 Å². The average Bonchev–Trinajstić information content (AvgIpc) is 3.09. The Bertz CT molecular complexity index is 607. The molecular formula is C14H17N3OS2. The number of hydrogen-bond donors (Lipinski definition) is 1. The van der Waals surface area contributed by atoms with E-state index in [-0.39, 0.29) is 11.2 Å². The van der Waals surface area contributed by atoms with Gasteiger partial charge in [0.1, 0.15) is 16.2 Å². The maximum atomic E-state index is 12.2. The van der Waals surface area contributed by atoms with E-state index in [9.17, 15) is 4.79 Å². The minimum Gasteiger partial charge on any atom is -0.352 e. The van der Waals surface area contributed by atoms with E-state index >= 15 is 0 Å². The fourth-order valence-corrected chi connectivity index (χ4v) is 4.18. The molecule has 2 aromatic rings. The normalized spacial score (nSPS) is 17.4. The molecule has 1 amide bonds. The van der Waals surface area contributed by atoms with Crippen molar-refractivity contribution in [1.82, 2.24) is 15.3 Å². The first kappa shape index (κ1) is 13.8. The molecule has 0 spiro atoms. The van der Waals surface area contributed by atoms with Gasteiger partial charge in [0.25, 0.3) is 0 Å². The van der Waals surface area contributed by atoms with Gasteiger partial charge in [0, 0.05) is 11.4 Å². The molecule has 1 atom stereocenters. The van der Waals surface area contributed by atoms with Crippen LogP contribution in [0.3, 0.4) is 0 Å². The number of amides is 1. The highest BCUT2D eigenvalue weighted by Crippen LogP contribution is 2.30. The lowest BCUT2D eigenvalue weighted by Gasteiger charge is -2.16. The number of carbonyl (C=O) groups excluding carboxylic acids is 1. The van der Waals surface area contributed by atoms with Crippen molar-refractivity contribution in [1.29, 1.82) is 0 Å². The molecule has 3 rings (SSSR count). The smallest absolute Gasteiger partial charge is 0.233 e. The molecule has 20 heavy (non-hydrogen) atoms. The van der Waals surface area contributed by atoms with E-state index in [1.807, 2.05) is 18.4 Å². The van der Waals surface area contributed by atoms with Crippen LogP contribution in [0.25, 0.3) is 10.2 Å². The summed E-state index contributed by atoms with van der Waals surface area (Å²) in [7, 11) is 0. The third-order valence-electron chi connectivity index (χ3n) is 3.58. The topological polar surface area (TPSA) is 54.9 Å². The Morgan fingerprint density at radius 2 is 2.25 bits per heavy atom. The van der Waals surface area contributed by atoms with Crippen LogP contribution < -0.4 is 5.32 Å². The van der Waals surface area contributed by atoms with Gasteiger partial charge in [-0.1, -0.05) is 24.6 Å². The molecule has 1 aliphatic carbocycles. The lowest BCUT2D eigenvalue weighted by Crippen LogP contribution is -2.37. The molecule has 1 aliphatic rings. The summed E-state index contributed by atoms with van der Waals surface area (Å²) in [6.45, 7) is 1.94. The predicted molar refractivity (Wildman–Crippen MR) is 83.1 cm³/mol. The van der Waals surface area contributed by atoms with Crippen LogP contribution in [0, 0.1) is 0 Å². The fraction of sp³-hybridized carbons (Fsp3) is 0.500. The molecule has 4 nitrogen and oxygen atoms in total. The predicted octanol–water partition coefficient (Wildman–Crippen LogP) is 3.23. The van der Waals surface area contributed by atoms with Crippen LogP contribution in [0.15, 0.2) is 22.8 Å². The Hall–Kier alpha value is -1.14. The van der Waals surface area contributed by atoms with E-state index < -0.39 is 0 Å². The molecule has 1 saturated carbocycles. The molecule has 6 heteroatoms. The Morgan fingerprint density at radius 3 is 3.05 bits per heavy atom. The third-order valence-corrected chi connectivity index (χ3v) is 5.52. The van der Waals surface area contributed by atoms with Crippen LogP contribution in [0.1, 0.15) is 32.6 Å². The summed E-state index contributed by atoms with van der Waals surface area (Å²) < 4.78 is 0. The molecular weight excluding hydrogens is 290 g/mol. The molecule has 0 saturated heterocycles. The summed E-state index contributed by atoms with van der Waals surface area (Å²) in [5.74, 6) is 0.115. The lowest BCUT2D eigenvalue weighted by atomic mass is 10.2. The van der Waals surface area contributed by atoms with Gasteiger partial charge in [-0.25, -0.2) is 9.97 Å². The SMILES string of the molecule is C[C@H](Sc1ncnc2sccc12)C(=O)NC1CCCC1. The number of rotatable bonds is 4. The van der Waals surface area contributed by atoms with E-state index in [2.05, 4.69) is 15.3 Å². The molecule has 2 aromatic heterocycles. The van der Waals surface area contributed by atoms with Gasteiger partial charge in [-0.2, -0.15) is 0 Å². The number of nitrogens with zero attached hydrogens (tertiary/aromatic N) is 2. The molecule has 2 heterocycles. The van der Waals surface area contributed by atoms with Crippen LogP contribution in [0.5, 0.6) is 0 Å². The number of aromatic nitrogens is 2. The second kappa shape index (κ2) is 6.10. The van der Waals surface area contributed by atoms with Crippen LogP contribution >= 0.6 is 23.1 Å². The zero-order valence-electron chi connectivity index (χ0n) is 11.3. The maximum Gasteiger partial charge on any atom is 0.233 e. The largest absolute Gasteiger partial charge is 0.352 e. The van der Waals surface area contributed by atoms with Crippen molar-refractivity contribution in [3.8, 4) is 0 Å². The Labute approximate surface area is 126 Å². The third kappa shape index (κ3) is 2.96. The van der Waals surface area contributed by atoms with Crippen molar-refractivity contribution in [2.45, 2.75) is 48.9 Å². The van der Waals surface area contributed by atoms with Gasteiger partial charge < -0.3 is 5.32 Å². The van der Waals surface area contributed by atoms with Gasteiger partial charge in [-0.15, -0.1) is 11.3 Å². The molecule has 0 unspecified atom stereocenters. The molecule has 0 radical (unpaired) electrons. The standard InChI is InChI=1S/C14H17N3OS2/c1-9(12(18)17-10-4-2-3-5-10)20-14-11-6-7-19-13(11)15-8-16-14/h6-10H,2-5H2,1H3,(H,17,18)/t9-/m0/s1. The Balaban J connectivity index is 1.67. The minimum atomic E-state index is -0.131. The molecule has 0 bridgehead atoms. The molecule has 106 valence electrons. The molecule has 1 N–H and O–H groups in total. The summed E-state index contributed by atoms with van der Waals surface area (Å²) in [5, 5.41) is 6.95. The van der Waals surface area contributed by atoms with Gasteiger partial charge in [0.2, 0.25) is 5.91 Å². The highest BCUT2D eigenvalue weighted by molar-refractivity contribution is 8.00. The van der Waals surface area contributed by atoms with E-state index in [1.54, 1.807) is 17.7 Å². The first-order valence-corrected chi connectivity index (χ1v) is 8.65. The van der Waals surface area contributed by atoms with Crippen molar-refractivity contribution in [3.63, 3.8) is 0 Å². The van der Waals surface area contributed by atoms with Gasteiger partial charge in [-0.05, 0) is 31.2 Å². The zero-order chi connectivity index (χ0) is 13.9. The number of thioether (sulfide) groups is 1. The maximum absolute atomic E-state index is 12.2. The van der Waals surface area contributed by atoms with Crippen molar-refractivity contribution < 1.29 is 4.79 Å². The number of carbonyl (C=O) groups is 1. The van der Waals surface area contributed by atoms with Crippen molar-refractivity contribution in [2.24, 2.45) is 0 Å². The van der Waals surface area contributed by atoms with E-state index in [1.165, 1.54) is 24.6 Å². The van der Waals surface area contributed by atoms with Crippen molar-refractivity contribution >= 4 is 39.2 Å². The molecule has 1 fully saturated rings. The van der Waals surface area contributed by atoms with Crippen LogP contribution in [0.2, 0.25) is 0 Å². The summed E-state index contributed by atoms with van der Waals surface area (Å²) in [4.78, 5) is 21.7. The summed E-state index contributed by atoms with van der Waals surface area (Å²) in [5.41, 5.74) is 0. The highest BCUT2D eigenvalue weighted by Gasteiger charge is 2.22. The van der Waals surface area contributed by atoms with Crippen molar-refractivity contribution in [2.75, 3.05) is 0 Å². The quantitative estimate of drug-likeness (QED) is 0.696. The van der Waals surface area contributed by atoms with Gasteiger partial charge in [0.05, 0.1) is 5.25 Å². The Morgan fingerprint density at radius 1 is 1.45 bits per heavy atom. The minimum absolute atomic E-state index is 0.115. The second-order valence-corrected chi connectivity index (χ2v) is 7.29. The highest BCUT2D eigenvalue weighted by atomic mass is 32.2. The Kier molecular flexibility index (Phi) is 4.21. The fourth-order valence-electron chi connectivity index (χ4n) is 2.47. The zero-order valence-corrected chi connectivity index (χ0v) is 13.0. The van der Waals surface area contributed by atoms with Gasteiger partial charge >= 0.3 is 0 Å². The average molecular weight is 307 g/mol. The summed E-state index contributed by atoms with van der Waals surface area (Å²) in [6.07, 6.45) is 6.27. The number of fused-ring (bicyclic) bond motifs is 1.